The van der Waals surface area contributed by atoms with Crippen LogP contribution in [0.5, 0.6) is 5.88 Å². The van der Waals surface area contributed by atoms with Crippen molar-refractivity contribution in [1.29, 1.82) is 0 Å². The van der Waals surface area contributed by atoms with Crippen molar-refractivity contribution < 1.29 is 4.74 Å². The summed E-state index contributed by atoms with van der Waals surface area (Å²) >= 11 is 6.81. The predicted molar refractivity (Wildman–Crippen MR) is 134 cm³/mol. The van der Waals surface area contributed by atoms with Gasteiger partial charge in [-0.15, -0.1) is 0 Å². The van der Waals surface area contributed by atoms with Crippen molar-refractivity contribution in [2.24, 2.45) is 0 Å². The first-order chi connectivity index (χ1) is 16.3. The van der Waals surface area contributed by atoms with E-state index >= 15 is 0 Å². The standard InChI is InChI=1S/C26H29ClN6O/c1-17-7-11-28-19(13-17)15-33-23(20-6-5-18(14-21(20)27)8-12-32(3)4)31-22-24(33)29-16-30-25(22)34-26(2)9-10-26/h5-7,11,13-14,16H,8-10,12,15H2,1-4H3. The van der Waals surface area contributed by atoms with Crippen LogP contribution in [0.4, 0.5) is 0 Å². The van der Waals surface area contributed by atoms with Crippen molar-refractivity contribution >= 4 is 22.8 Å². The Morgan fingerprint density at radius 1 is 1.12 bits per heavy atom. The van der Waals surface area contributed by atoms with Gasteiger partial charge in [0.25, 0.3) is 0 Å². The van der Waals surface area contributed by atoms with Crippen LogP contribution in [-0.4, -0.2) is 55.6 Å². The van der Waals surface area contributed by atoms with Gasteiger partial charge in [-0.2, -0.15) is 4.98 Å². The van der Waals surface area contributed by atoms with Gasteiger partial charge in [0, 0.05) is 18.3 Å². The lowest BCUT2D eigenvalue weighted by molar-refractivity contribution is 0.194. The minimum Gasteiger partial charge on any atom is -0.470 e. The van der Waals surface area contributed by atoms with E-state index in [-0.39, 0.29) is 5.60 Å². The van der Waals surface area contributed by atoms with Crippen molar-refractivity contribution in [3.05, 3.63) is 64.7 Å². The van der Waals surface area contributed by atoms with Crippen LogP contribution in [0, 0.1) is 6.92 Å². The predicted octanol–water partition coefficient (Wildman–Crippen LogP) is 4.93. The molecule has 5 rings (SSSR count). The van der Waals surface area contributed by atoms with E-state index in [1.165, 1.54) is 5.56 Å². The molecular formula is C26H29ClN6O. The quantitative estimate of drug-likeness (QED) is 0.359. The number of halogens is 1. The van der Waals surface area contributed by atoms with Crippen LogP contribution < -0.4 is 4.74 Å². The van der Waals surface area contributed by atoms with Crippen molar-refractivity contribution in [3.8, 4) is 17.3 Å². The SMILES string of the molecule is Cc1ccnc(Cn2c(-c3ccc(CCN(C)C)cc3Cl)nc3c(OC4(C)CC4)ncnc32)c1. The average molecular weight is 477 g/mol. The number of aromatic nitrogens is 5. The first kappa shape index (κ1) is 22.7. The summed E-state index contributed by atoms with van der Waals surface area (Å²) in [7, 11) is 4.14. The summed E-state index contributed by atoms with van der Waals surface area (Å²) in [5, 5.41) is 0.662. The Hall–Kier alpha value is -3.03. The van der Waals surface area contributed by atoms with Gasteiger partial charge in [-0.25, -0.2) is 9.97 Å². The first-order valence-corrected chi connectivity index (χ1v) is 11.9. The molecule has 7 nitrogen and oxygen atoms in total. The number of hydrogen-bond donors (Lipinski definition) is 0. The monoisotopic (exact) mass is 476 g/mol. The van der Waals surface area contributed by atoms with Crippen LogP contribution in [0.3, 0.4) is 0 Å². The molecule has 8 heteroatoms. The zero-order valence-electron chi connectivity index (χ0n) is 20.0. The van der Waals surface area contributed by atoms with E-state index in [0.717, 1.165) is 48.5 Å². The molecule has 0 amide bonds. The zero-order valence-corrected chi connectivity index (χ0v) is 20.8. The molecule has 0 bridgehead atoms. The summed E-state index contributed by atoms with van der Waals surface area (Å²) in [6, 6.07) is 10.3. The molecule has 0 N–H and O–H groups in total. The highest BCUT2D eigenvalue weighted by molar-refractivity contribution is 6.33. The molecule has 34 heavy (non-hydrogen) atoms. The van der Waals surface area contributed by atoms with Gasteiger partial charge in [0.2, 0.25) is 5.88 Å². The number of imidazole rings is 1. The van der Waals surface area contributed by atoms with E-state index in [0.29, 0.717) is 28.6 Å². The van der Waals surface area contributed by atoms with Crippen molar-refractivity contribution in [2.45, 2.75) is 45.3 Å². The second kappa shape index (κ2) is 8.96. The third-order valence-corrected chi connectivity index (χ3v) is 6.52. The molecule has 176 valence electrons. The molecule has 1 aromatic carbocycles. The second-order valence-electron chi connectivity index (χ2n) is 9.62. The van der Waals surface area contributed by atoms with Gasteiger partial charge in [0.1, 0.15) is 17.8 Å². The second-order valence-corrected chi connectivity index (χ2v) is 10.0. The summed E-state index contributed by atoms with van der Waals surface area (Å²) in [5.41, 5.74) is 5.30. The summed E-state index contributed by atoms with van der Waals surface area (Å²) in [6.45, 7) is 5.63. The van der Waals surface area contributed by atoms with E-state index in [1.807, 2.05) is 24.4 Å². The van der Waals surface area contributed by atoms with Crippen LogP contribution in [0.1, 0.15) is 36.6 Å². The first-order valence-electron chi connectivity index (χ1n) is 11.6. The highest BCUT2D eigenvalue weighted by atomic mass is 35.5. The Morgan fingerprint density at radius 3 is 2.65 bits per heavy atom. The summed E-state index contributed by atoms with van der Waals surface area (Å²) in [4.78, 5) is 20.7. The highest BCUT2D eigenvalue weighted by Gasteiger charge is 2.41. The summed E-state index contributed by atoms with van der Waals surface area (Å²) < 4.78 is 8.28. The number of benzene rings is 1. The molecule has 1 aliphatic carbocycles. The smallest absolute Gasteiger partial charge is 0.245 e. The molecule has 4 aromatic rings. The fourth-order valence-corrected chi connectivity index (χ4v) is 4.24. The molecule has 0 aliphatic heterocycles. The topological polar surface area (TPSA) is 69.0 Å². The summed E-state index contributed by atoms with van der Waals surface area (Å²) in [5.74, 6) is 1.25. The van der Waals surface area contributed by atoms with Crippen molar-refractivity contribution in [1.82, 2.24) is 29.4 Å². The number of aryl methyl sites for hydroxylation is 1. The Labute approximate surface area is 204 Å². The van der Waals surface area contributed by atoms with Crippen molar-refractivity contribution in [2.75, 3.05) is 20.6 Å². The third-order valence-electron chi connectivity index (χ3n) is 6.21. The maximum Gasteiger partial charge on any atom is 0.245 e. The lowest BCUT2D eigenvalue weighted by Crippen LogP contribution is -2.15. The maximum absolute atomic E-state index is 6.81. The van der Waals surface area contributed by atoms with Crippen LogP contribution in [0.2, 0.25) is 5.02 Å². The zero-order chi connectivity index (χ0) is 23.9. The van der Waals surface area contributed by atoms with E-state index in [1.54, 1.807) is 6.33 Å². The van der Waals surface area contributed by atoms with Crippen LogP contribution in [0.25, 0.3) is 22.6 Å². The number of rotatable bonds is 8. The normalized spacial score (nSPS) is 14.6. The van der Waals surface area contributed by atoms with Gasteiger partial charge in [-0.05, 0) is 82.6 Å². The molecule has 1 saturated carbocycles. The minimum atomic E-state index is -0.172. The van der Waals surface area contributed by atoms with Gasteiger partial charge in [-0.1, -0.05) is 17.7 Å². The fraction of sp³-hybridized carbons (Fsp3) is 0.385. The lowest BCUT2D eigenvalue weighted by Gasteiger charge is -2.13. The van der Waals surface area contributed by atoms with Gasteiger partial charge in [0.15, 0.2) is 11.2 Å². The molecule has 0 spiro atoms. The van der Waals surface area contributed by atoms with Gasteiger partial charge >= 0.3 is 0 Å². The van der Waals surface area contributed by atoms with E-state index in [2.05, 4.69) is 64.5 Å². The molecule has 1 fully saturated rings. The number of hydrogen-bond acceptors (Lipinski definition) is 6. The van der Waals surface area contributed by atoms with Crippen LogP contribution in [0.15, 0.2) is 42.9 Å². The number of ether oxygens (including phenoxy) is 1. The van der Waals surface area contributed by atoms with E-state index < -0.39 is 0 Å². The Kier molecular flexibility index (Phi) is 6.00. The molecule has 3 aromatic heterocycles. The third kappa shape index (κ3) is 4.76. The van der Waals surface area contributed by atoms with Crippen LogP contribution >= 0.6 is 11.6 Å². The summed E-state index contributed by atoms with van der Waals surface area (Å²) in [6.07, 6.45) is 6.33. The van der Waals surface area contributed by atoms with Gasteiger partial charge in [-0.3, -0.25) is 4.98 Å². The van der Waals surface area contributed by atoms with E-state index in [4.69, 9.17) is 21.3 Å². The molecule has 0 unspecified atom stereocenters. The molecule has 1 aliphatic rings. The Morgan fingerprint density at radius 2 is 1.94 bits per heavy atom. The molecular weight excluding hydrogens is 448 g/mol. The highest BCUT2D eigenvalue weighted by Crippen LogP contribution is 2.41. The number of fused-ring (bicyclic) bond motifs is 1. The molecule has 0 saturated heterocycles. The Bertz CT molecular complexity index is 1340. The van der Waals surface area contributed by atoms with E-state index in [9.17, 15) is 0 Å². The Balaban J connectivity index is 1.61. The number of likely N-dealkylation sites (N-methyl/N-ethyl adjacent to an activating group) is 1. The number of pyridine rings is 1. The molecule has 3 heterocycles. The van der Waals surface area contributed by atoms with Crippen molar-refractivity contribution in [3.63, 3.8) is 0 Å². The molecule has 0 radical (unpaired) electrons. The lowest BCUT2D eigenvalue weighted by atomic mass is 10.1. The average Bonchev–Trinajstić information content (AvgIpc) is 3.41. The largest absolute Gasteiger partial charge is 0.470 e. The van der Waals surface area contributed by atoms with Gasteiger partial charge < -0.3 is 14.2 Å². The fourth-order valence-electron chi connectivity index (χ4n) is 3.95. The van der Waals surface area contributed by atoms with Crippen LogP contribution in [-0.2, 0) is 13.0 Å². The number of nitrogens with zero attached hydrogens (tertiary/aromatic N) is 6. The minimum absolute atomic E-state index is 0.172. The van der Waals surface area contributed by atoms with Gasteiger partial charge in [0.05, 0.1) is 17.3 Å². The molecule has 0 atom stereocenters. The maximum atomic E-state index is 6.81.